The minimum atomic E-state index is -0.495. The Morgan fingerprint density at radius 1 is 1.20 bits per heavy atom. The van der Waals surface area contributed by atoms with Crippen LogP contribution in [-0.4, -0.2) is 72.4 Å². The maximum absolute atomic E-state index is 12.3. The van der Waals surface area contributed by atoms with Crippen molar-refractivity contribution in [2.45, 2.75) is 52.7 Å². The molecule has 1 aliphatic heterocycles. The molecule has 2 rings (SSSR count). The van der Waals surface area contributed by atoms with Crippen molar-refractivity contribution in [3.05, 3.63) is 34.9 Å². The second kappa shape index (κ2) is 10.8. The van der Waals surface area contributed by atoms with Gasteiger partial charge in [0.1, 0.15) is 11.4 Å². The van der Waals surface area contributed by atoms with Crippen LogP contribution in [0, 0.1) is 0 Å². The van der Waals surface area contributed by atoms with E-state index >= 15 is 0 Å². The van der Waals surface area contributed by atoms with Gasteiger partial charge < -0.3 is 19.3 Å². The Labute approximate surface area is 184 Å². The highest BCUT2D eigenvalue weighted by molar-refractivity contribution is 6.30. The molecule has 0 saturated carbocycles. The van der Waals surface area contributed by atoms with E-state index in [2.05, 4.69) is 22.0 Å². The van der Waals surface area contributed by atoms with E-state index in [4.69, 9.17) is 21.1 Å². The molecule has 0 aliphatic carbocycles. The number of amides is 1. The summed E-state index contributed by atoms with van der Waals surface area (Å²) in [5.74, 6) is 0.816. The van der Waals surface area contributed by atoms with Crippen molar-refractivity contribution >= 4 is 29.2 Å². The van der Waals surface area contributed by atoms with E-state index in [0.717, 1.165) is 17.1 Å². The second-order valence-electron chi connectivity index (χ2n) is 8.52. The van der Waals surface area contributed by atoms with Crippen LogP contribution < -0.4 is 0 Å². The van der Waals surface area contributed by atoms with E-state index in [9.17, 15) is 4.79 Å². The highest BCUT2D eigenvalue weighted by Crippen LogP contribution is 2.16. The van der Waals surface area contributed by atoms with Crippen molar-refractivity contribution in [3.63, 3.8) is 0 Å². The van der Waals surface area contributed by atoms with Crippen LogP contribution >= 0.6 is 11.6 Å². The highest BCUT2D eigenvalue weighted by atomic mass is 35.5. The lowest BCUT2D eigenvalue weighted by molar-refractivity contribution is 0.0133. The van der Waals surface area contributed by atoms with Gasteiger partial charge in [-0.2, -0.15) is 5.10 Å². The lowest BCUT2D eigenvalue weighted by Crippen LogP contribution is -2.55. The third-order valence-corrected chi connectivity index (χ3v) is 4.92. The Morgan fingerprint density at radius 3 is 2.43 bits per heavy atom. The quantitative estimate of drug-likeness (QED) is 0.393. The zero-order chi connectivity index (χ0) is 22.3. The fourth-order valence-electron chi connectivity index (χ4n) is 3.25. The number of rotatable bonds is 5. The minimum absolute atomic E-state index is 0.118. The molecular formula is C22H33ClN4O3. The van der Waals surface area contributed by atoms with Crippen molar-refractivity contribution in [3.8, 4) is 0 Å². The number of hydrogen-bond donors (Lipinski definition) is 0. The number of carbonyl (C=O) groups is 1. The molecule has 8 heteroatoms. The summed E-state index contributed by atoms with van der Waals surface area (Å²) in [6.45, 7) is 11.9. The van der Waals surface area contributed by atoms with Crippen LogP contribution in [-0.2, 0) is 15.9 Å². The number of hydrogen-bond acceptors (Lipinski definition) is 5. The molecule has 0 bridgehead atoms. The number of halogens is 1. The van der Waals surface area contributed by atoms with E-state index in [1.54, 1.807) is 12.0 Å². The monoisotopic (exact) mass is 436 g/mol. The van der Waals surface area contributed by atoms with Crippen molar-refractivity contribution in [2.75, 3.05) is 33.4 Å². The molecule has 1 unspecified atom stereocenters. The van der Waals surface area contributed by atoms with E-state index in [-0.39, 0.29) is 12.1 Å². The summed E-state index contributed by atoms with van der Waals surface area (Å²) in [5.41, 5.74) is 1.44. The van der Waals surface area contributed by atoms with E-state index < -0.39 is 5.60 Å². The molecule has 166 valence electrons. The first-order chi connectivity index (χ1) is 14.1. The van der Waals surface area contributed by atoms with Crippen molar-refractivity contribution in [2.24, 2.45) is 10.2 Å². The van der Waals surface area contributed by atoms with Crippen LogP contribution in [0.25, 0.3) is 0 Å². The van der Waals surface area contributed by atoms with Gasteiger partial charge in [-0.25, -0.2) is 4.79 Å². The molecule has 1 heterocycles. The number of amidine groups is 1. The first kappa shape index (κ1) is 24.2. The molecule has 0 spiro atoms. The predicted molar refractivity (Wildman–Crippen MR) is 122 cm³/mol. The highest BCUT2D eigenvalue weighted by Gasteiger charge is 2.30. The first-order valence-electron chi connectivity index (χ1n) is 10.2. The van der Waals surface area contributed by atoms with Crippen LogP contribution in [0.3, 0.4) is 0 Å². The number of benzene rings is 1. The zero-order valence-electron chi connectivity index (χ0n) is 18.8. The van der Waals surface area contributed by atoms with Gasteiger partial charge in [0.25, 0.3) is 0 Å². The molecule has 30 heavy (non-hydrogen) atoms. The van der Waals surface area contributed by atoms with Gasteiger partial charge in [-0.15, -0.1) is 5.10 Å². The SMILES string of the molecule is COC/C(Cc1ccc(Cl)cc1)=N/N=C(\C)N1CCN(C(=O)OC(C)(C)C)CC1C. The van der Waals surface area contributed by atoms with Gasteiger partial charge in [-0.05, 0) is 52.3 Å². The number of ether oxygens (including phenoxy) is 2. The average molecular weight is 437 g/mol. The van der Waals surface area contributed by atoms with Crippen molar-refractivity contribution in [1.29, 1.82) is 0 Å². The van der Waals surface area contributed by atoms with Gasteiger partial charge in [-0.1, -0.05) is 23.7 Å². The maximum atomic E-state index is 12.3. The number of carbonyl (C=O) groups excluding carboxylic acids is 1. The summed E-state index contributed by atoms with van der Waals surface area (Å²) in [5, 5.41) is 9.60. The average Bonchev–Trinajstić information content (AvgIpc) is 2.66. The molecule has 1 saturated heterocycles. The molecule has 7 nitrogen and oxygen atoms in total. The summed E-state index contributed by atoms with van der Waals surface area (Å²) in [6, 6.07) is 7.79. The molecule has 1 fully saturated rings. The van der Waals surface area contributed by atoms with E-state index in [1.807, 2.05) is 52.0 Å². The summed E-state index contributed by atoms with van der Waals surface area (Å²) >= 11 is 5.96. The molecule has 0 aromatic heterocycles. The van der Waals surface area contributed by atoms with Crippen LogP contribution in [0.1, 0.15) is 40.2 Å². The van der Waals surface area contributed by atoms with Gasteiger partial charge in [0.05, 0.1) is 12.3 Å². The van der Waals surface area contributed by atoms with Crippen molar-refractivity contribution < 1.29 is 14.3 Å². The number of methoxy groups -OCH3 is 1. The Kier molecular flexibility index (Phi) is 8.67. The van der Waals surface area contributed by atoms with Gasteiger partial charge in [0.15, 0.2) is 0 Å². The second-order valence-corrected chi connectivity index (χ2v) is 8.95. The van der Waals surface area contributed by atoms with Gasteiger partial charge in [0.2, 0.25) is 0 Å². The number of piperazine rings is 1. The third-order valence-electron chi connectivity index (χ3n) is 4.66. The predicted octanol–water partition coefficient (Wildman–Crippen LogP) is 4.24. The molecule has 1 aromatic rings. The van der Waals surface area contributed by atoms with Gasteiger partial charge >= 0.3 is 6.09 Å². The Morgan fingerprint density at radius 2 is 1.87 bits per heavy atom. The van der Waals surface area contributed by atoms with E-state index in [0.29, 0.717) is 37.7 Å². The molecule has 1 aromatic carbocycles. The Hall–Kier alpha value is -2.12. The van der Waals surface area contributed by atoms with Gasteiger partial charge in [-0.3, -0.25) is 0 Å². The standard InChI is InChI=1S/C22H33ClN4O3/c1-16-14-26(21(28)30-22(3,4)5)11-12-27(16)17(2)24-25-20(15-29-6)13-18-7-9-19(23)10-8-18/h7-10,16H,11-15H2,1-6H3/b24-17+,25-20+. The molecule has 0 N–H and O–H groups in total. The topological polar surface area (TPSA) is 66.7 Å². The zero-order valence-corrected chi connectivity index (χ0v) is 19.6. The third kappa shape index (κ3) is 7.61. The smallest absolute Gasteiger partial charge is 0.410 e. The fraction of sp³-hybridized carbons (Fsp3) is 0.591. The summed E-state index contributed by atoms with van der Waals surface area (Å²) < 4.78 is 10.8. The summed E-state index contributed by atoms with van der Waals surface area (Å²) in [7, 11) is 1.64. The largest absolute Gasteiger partial charge is 0.444 e. The minimum Gasteiger partial charge on any atom is -0.444 e. The molecular weight excluding hydrogens is 404 g/mol. The van der Waals surface area contributed by atoms with Crippen LogP contribution in [0.5, 0.6) is 0 Å². The molecule has 1 atom stereocenters. The van der Waals surface area contributed by atoms with Crippen LogP contribution in [0.4, 0.5) is 4.79 Å². The first-order valence-corrected chi connectivity index (χ1v) is 10.5. The Balaban J connectivity index is 2.02. The molecule has 0 radical (unpaired) electrons. The summed E-state index contributed by atoms with van der Waals surface area (Å²) in [4.78, 5) is 16.2. The number of nitrogens with zero attached hydrogens (tertiary/aromatic N) is 4. The molecule has 1 amide bonds. The van der Waals surface area contributed by atoms with Crippen LogP contribution in [0.2, 0.25) is 5.02 Å². The lowest BCUT2D eigenvalue weighted by atomic mass is 10.1. The molecule has 1 aliphatic rings. The fourth-order valence-corrected chi connectivity index (χ4v) is 3.38. The summed E-state index contributed by atoms with van der Waals surface area (Å²) in [6.07, 6.45) is 0.371. The van der Waals surface area contributed by atoms with Gasteiger partial charge in [0, 0.05) is 44.2 Å². The maximum Gasteiger partial charge on any atom is 0.410 e. The Bertz CT molecular complexity index is 772. The van der Waals surface area contributed by atoms with E-state index in [1.165, 1.54) is 0 Å². The lowest BCUT2D eigenvalue weighted by Gasteiger charge is -2.40. The van der Waals surface area contributed by atoms with Crippen molar-refractivity contribution in [1.82, 2.24) is 9.80 Å². The normalized spacial score (nSPS) is 18.6. The van der Waals surface area contributed by atoms with Crippen LogP contribution in [0.15, 0.2) is 34.5 Å².